The van der Waals surface area contributed by atoms with Crippen LogP contribution in [-0.2, 0) is 14.8 Å². The van der Waals surface area contributed by atoms with Gasteiger partial charge in [-0.25, -0.2) is 13.2 Å². The number of benzene rings is 1. The molecule has 0 fully saturated rings. The zero-order valence-electron chi connectivity index (χ0n) is 10.1. The van der Waals surface area contributed by atoms with Crippen molar-refractivity contribution in [3.63, 3.8) is 0 Å². The van der Waals surface area contributed by atoms with Crippen LogP contribution in [0, 0.1) is 0 Å². The molecule has 0 atom stereocenters. The SMILES string of the molecule is COC(=O)c1cc(S(=O)(=O)Nc2cnns2)ccc1O. The van der Waals surface area contributed by atoms with Crippen LogP contribution in [0.25, 0.3) is 0 Å². The molecule has 2 rings (SSSR count). The molecule has 0 radical (unpaired) electrons. The van der Waals surface area contributed by atoms with Crippen molar-refractivity contribution in [1.29, 1.82) is 0 Å². The monoisotopic (exact) mass is 315 g/mol. The molecule has 1 heterocycles. The molecule has 0 aliphatic heterocycles. The number of nitrogens with zero attached hydrogens (tertiary/aromatic N) is 2. The molecule has 0 spiro atoms. The average Bonchev–Trinajstić information content (AvgIpc) is 2.90. The molecule has 0 bridgehead atoms. The molecule has 10 heteroatoms. The number of phenolic OH excluding ortho intramolecular Hbond substituents is 1. The van der Waals surface area contributed by atoms with Crippen LogP contribution < -0.4 is 4.72 Å². The summed E-state index contributed by atoms with van der Waals surface area (Å²) in [6.07, 6.45) is 1.25. The number of carbonyl (C=O) groups is 1. The molecule has 0 amide bonds. The molecule has 2 aromatic rings. The molecular weight excluding hydrogens is 306 g/mol. The highest BCUT2D eigenvalue weighted by atomic mass is 32.2. The first-order valence-electron chi connectivity index (χ1n) is 5.15. The summed E-state index contributed by atoms with van der Waals surface area (Å²) in [5.74, 6) is -1.20. The molecule has 1 aromatic heterocycles. The first kappa shape index (κ1) is 14.2. The number of esters is 1. The number of phenols is 1. The Labute approximate surface area is 118 Å². The van der Waals surface area contributed by atoms with Crippen LogP contribution in [0.4, 0.5) is 5.00 Å². The van der Waals surface area contributed by atoms with Crippen LogP contribution in [0.2, 0.25) is 0 Å². The summed E-state index contributed by atoms with van der Waals surface area (Å²) in [6, 6.07) is 3.29. The summed E-state index contributed by atoms with van der Waals surface area (Å²) >= 11 is 0.870. The van der Waals surface area contributed by atoms with Gasteiger partial charge in [-0.1, -0.05) is 4.49 Å². The molecule has 1 aromatic carbocycles. The van der Waals surface area contributed by atoms with Crippen molar-refractivity contribution in [2.75, 3.05) is 11.8 Å². The summed E-state index contributed by atoms with van der Waals surface area (Å²) < 4.78 is 34.4. The normalized spacial score (nSPS) is 11.1. The zero-order valence-corrected chi connectivity index (χ0v) is 11.7. The van der Waals surface area contributed by atoms with Gasteiger partial charge in [0.1, 0.15) is 16.3 Å². The number of sulfonamides is 1. The standard InChI is InChI=1S/C10H9N3O5S2/c1-18-10(15)7-4-6(2-3-8(7)14)20(16,17)12-9-5-11-13-19-9/h2-5,12,14H,1H3. The van der Waals surface area contributed by atoms with Gasteiger partial charge in [-0.3, -0.25) is 4.72 Å². The van der Waals surface area contributed by atoms with E-state index in [0.29, 0.717) is 0 Å². The summed E-state index contributed by atoms with van der Waals surface area (Å²) in [4.78, 5) is 11.2. The van der Waals surface area contributed by atoms with Gasteiger partial charge in [-0.2, -0.15) is 0 Å². The number of nitrogens with one attached hydrogen (secondary N) is 1. The van der Waals surface area contributed by atoms with E-state index in [9.17, 15) is 18.3 Å². The second-order valence-corrected chi connectivity index (χ2v) is 6.03. The van der Waals surface area contributed by atoms with E-state index in [-0.39, 0.29) is 21.2 Å². The Hall–Kier alpha value is -2.20. The minimum Gasteiger partial charge on any atom is -0.507 e. The van der Waals surface area contributed by atoms with Gasteiger partial charge in [0.15, 0.2) is 0 Å². The van der Waals surface area contributed by atoms with Crippen molar-refractivity contribution >= 4 is 32.5 Å². The first-order valence-corrected chi connectivity index (χ1v) is 7.41. The molecular formula is C10H9N3O5S2. The molecule has 0 aliphatic carbocycles. The van der Waals surface area contributed by atoms with Gasteiger partial charge in [-0.15, -0.1) is 5.10 Å². The Kier molecular flexibility index (Phi) is 3.86. The van der Waals surface area contributed by atoms with Gasteiger partial charge >= 0.3 is 5.97 Å². The lowest BCUT2D eigenvalue weighted by molar-refractivity contribution is 0.0597. The Balaban J connectivity index is 2.40. The molecule has 0 saturated heterocycles. The maximum absolute atomic E-state index is 12.1. The second-order valence-electron chi connectivity index (χ2n) is 3.56. The Morgan fingerprint density at radius 3 is 2.80 bits per heavy atom. The number of methoxy groups -OCH3 is 1. The van der Waals surface area contributed by atoms with Crippen molar-refractivity contribution in [2.24, 2.45) is 0 Å². The van der Waals surface area contributed by atoms with Gasteiger partial charge in [0.2, 0.25) is 0 Å². The Bertz CT molecular complexity index is 727. The maximum Gasteiger partial charge on any atom is 0.341 e. The van der Waals surface area contributed by atoms with E-state index in [1.165, 1.54) is 12.3 Å². The Morgan fingerprint density at radius 2 is 2.20 bits per heavy atom. The smallest absolute Gasteiger partial charge is 0.341 e. The number of rotatable bonds is 4. The average molecular weight is 315 g/mol. The first-order chi connectivity index (χ1) is 9.44. The summed E-state index contributed by atoms with van der Waals surface area (Å²) in [5, 5.41) is 13.3. The number of aromatic hydroxyl groups is 1. The predicted molar refractivity (Wildman–Crippen MR) is 70.2 cm³/mol. The third kappa shape index (κ3) is 2.86. The lowest BCUT2D eigenvalue weighted by atomic mass is 10.2. The minimum atomic E-state index is -3.90. The Morgan fingerprint density at radius 1 is 1.45 bits per heavy atom. The molecule has 0 aliphatic rings. The molecule has 106 valence electrons. The van der Waals surface area contributed by atoms with Gasteiger partial charge in [-0.05, 0) is 18.2 Å². The van der Waals surface area contributed by atoms with Crippen molar-refractivity contribution < 1.29 is 23.1 Å². The van der Waals surface area contributed by atoms with Crippen molar-refractivity contribution in [1.82, 2.24) is 9.59 Å². The summed E-state index contributed by atoms with van der Waals surface area (Å²) in [5.41, 5.74) is -0.238. The highest BCUT2D eigenvalue weighted by Gasteiger charge is 2.20. The van der Waals surface area contributed by atoms with Gasteiger partial charge in [0.25, 0.3) is 10.0 Å². The van der Waals surface area contributed by atoms with Gasteiger partial charge in [0.05, 0.1) is 18.2 Å². The molecule has 0 saturated carbocycles. The van der Waals surface area contributed by atoms with Crippen LogP contribution in [0.1, 0.15) is 10.4 Å². The van der Waals surface area contributed by atoms with Crippen molar-refractivity contribution in [3.8, 4) is 5.75 Å². The maximum atomic E-state index is 12.1. The van der Waals surface area contributed by atoms with E-state index < -0.39 is 16.0 Å². The predicted octanol–water partition coefficient (Wildman–Crippen LogP) is 0.831. The highest BCUT2D eigenvalue weighted by molar-refractivity contribution is 7.93. The number of ether oxygens (including phenoxy) is 1. The van der Waals surface area contributed by atoms with E-state index in [1.54, 1.807) is 0 Å². The van der Waals surface area contributed by atoms with Crippen molar-refractivity contribution in [2.45, 2.75) is 4.90 Å². The summed E-state index contributed by atoms with van der Waals surface area (Å²) in [7, 11) is -2.77. The fraction of sp³-hybridized carbons (Fsp3) is 0.100. The van der Waals surface area contributed by atoms with Crippen LogP contribution in [0.5, 0.6) is 5.75 Å². The molecule has 20 heavy (non-hydrogen) atoms. The zero-order chi connectivity index (χ0) is 14.8. The van der Waals surface area contributed by atoms with E-state index >= 15 is 0 Å². The number of carbonyl (C=O) groups excluding carboxylic acids is 1. The highest BCUT2D eigenvalue weighted by Crippen LogP contribution is 2.24. The third-order valence-electron chi connectivity index (χ3n) is 2.28. The number of aromatic nitrogens is 2. The lowest BCUT2D eigenvalue weighted by Gasteiger charge is -2.08. The molecule has 8 nitrogen and oxygen atoms in total. The van der Waals surface area contributed by atoms with Gasteiger partial charge < -0.3 is 9.84 Å². The summed E-state index contributed by atoms with van der Waals surface area (Å²) in [6.45, 7) is 0. The minimum absolute atomic E-state index is 0.191. The van der Waals surface area contributed by atoms with Crippen LogP contribution in [0.15, 0.2) is 29.3 Å². The second kappa shape index (κ2) is 5.43. The number of hydrogen-bond acceptors (Lipinski definition) is 8. The third-order valence-corrected chi connectivity index (χ3v) is 4.35. The molecule has 2 N–H and O–H groups in total. The van der Waals surface area contributed by atoms with Gasteiger partial charge in [0, 0.05) is 11.5 Å². The molecule has 0 unspecified atom stereocenters. The van der Waals surface area contributed by atoms with E-state index in [1.807, 2.05) is 0 Å². The largest absolute Gasteiger partial charge is 0.507 e. The fourth-order valence-corrected chi connectivity index (χ4v) is 3.07. The quantitative estimate of drug-likeness (QED) is 0.802. The fourth-order valence-electron chi connectivity index (χ4n) is 1.36. The van der Waals surface area contributed by atoms with E-state index in [4.69, 9.17) is 0 Å². The number of hydrogen-bond donors (Lipinski definition) is 2. The van der Waals surface area contributed by atoms with Crippen LogP contribution in [0.3, 0.4) is 0 Å². The van der Waals surface area contributed by atoms with E-state index in [0.717, 1.165) is 30.8 Å². The number of anilines is 1. The van der Waals surface area contributed by atoms with Crippen LogP contribution in [-0.4, -0.2) is 36.2 Å². The van der Waals surface area contributed by atoms with Crippen LogP contribution >= 0.6 is 11.5 Å². The van der Waals surface area contributed by atoms with E-state index in [2.05, 4.69) is 19.0 Å². The van der Waals surface area contributed by atoms with Crippen molar-refractivity contribution in [3.05, 3.63) is 30.0 Å². The topological polar surface area (TPSA) is 118 Å². The lowest BCUT2D eigenvalue weighted by Crippen LogP contribution is -2.13.